The summed E-state index contributed by atoms with van der Waals surface area (Å²) < 4.78 is 22.0. The van der Waals surface area contributed by atoms with Crippen molar-refractivity contribution >= 4 is 40.7 Å². The molecule has 2 atom stereocenters. The molecule has 12 heteroatoms. The largest absolute Gasteiger partial charge is 0.484 e. The first-order valence-electron chi connectivity index (χ1n) is 12.6. The molecule has 0 radical (unpaired) electrons. The zero-order valence-corrected chi connectivity index (χ0v) is 23.0. The van der Waals surface area contributed by atoms with Crippen molar-refractivity contribution in [2.75, 3.05) is 18.8 Å². The molecule has 2 aromatic carbocycles. The van der Waals surface area contributed by atoms with Crippen LogP contribution in [0.15, 0.2) is 42.7 Å². The number of nitrogens with two attached hydrogens (primary N) is 3. The zero-order valence-electron chi connectivity index (χ0n) is 21.4. The molecule has 1 saturated heterocycles. The van der Waals surface area contributed by atoms with Crippen LogP contribution < -0.4 is 21.9 Å². The van der Waals surface area contributed by atoms with Crippen molar-refractivity contribution in [3.05, 3.63) is 64.2 Å². The van der Waals surface area contributed by atoms with E-state index in [4.69, 9.17) is 45.1 Å². The van der Waals surface area contributed by atoms with E-state index in [-0.39, 0.29) is 29.8 Å². The summed E-state index contributed by atoms with van der Waals surface area (Å²) in [5.74, 6) is -0.813. The summed E-state index contributed by atoms with van der Waals surface area (Å²) in [6.45, 7) is 2.82. The highest BCUT2D eigenvalue weighted by atomic mass is 35.5. The van der Waals surface area contributed by atoms with Gasteiger partial charge in [-0.3, -0.25) is 14.3 Å². The minimum atomic E-state index is -0.733. The highest BCUT2D eigenvalue weighted by molar-refractivity contribution is 6.36. The third-order valence-corrected chi connectivity index (χ3v) is 7.62. The number of halogens is 3. The van der Waals surface area contributed by atoms with E-state index in [2.05, 4.69) is 5.10 Å². The standard InChI is InChI=1S/C27H31Cl2FN6O3/c1-15(25-19(28)3-4-20(30)26(25)29)39-23-12-16(2-5-21(23)31)17-13-34-36(14-17)18-8-10-35(11-9-18)27(38)22(32)6-7-24(33)37/h2-5,12-15,18,22H,6-11,31-32H2,1H3,(H2,33,37). The maximum absolute atomic E-state index is 14.0. The quantitative estimate of drug-likeness (QED) is 0.253. The van der Waals surface area contributed by atoms with Crippen LogP contribution in [0.4, 0.5) is 10.1 Å². The first-order valence-corrected chi connectivity index (χ1v) is 13.4. The predicted molar refractivity (Wildman–Crippen MR) is 149 cm³/mol. The van der Waals surface area contributed by atoms with Gasteiger partial charge in [-0.25, -0.2) is 4.39 Å². The predicted octanol–water partition coefficient (Wildman–Crippen LogP) is 4.47. The van der Waals surface area contributed by atoms with Gasteiger partial charge in [-0.1, -0.05) is 29.3 Å². The number of amides is 2. The van der Waals surface area contributed by atoms with Gasteiger partial charge in [-0.15, -0.1) is 0 Å². The van der Waals surface area contributed by atoms with Crippen LogP contribution in [0.25, 0.3) is 11.1 Å². The summed E-state index contributed by atoms with van der Waals surface area (Å²) in [5, 5.41) is 4.76. The Morgan fingerprint density at radius 1 is 1.18 bits per heavy atom. The fourth-order valence-corrected chi connectivity index (χ4v) is 5.35. The third-order valence-electron chi connectivity index (χ3n) is 6.91. The number of primary amides is 1. The van der Waals surface area contributed by atoms with Gasteiger partial charge in [0.2, 0.25) is 11.8 Å². The molecule has 39 heavy (non-hydrogen) atoms. The van der Waals surface area contributed by atoms with Crippen LogP contribution in [0, 0.1) is 5.82 Å². The number of carbonyl (C=O) groups is 2. The molecule has 3 aromatic rings. The topological polar surface area (TPSA) is 142 Å². The number of piperidine rings is 1. The van der Waals surface area contributed by atoms with E-state index < -0.39 is 23.9 Å². The molecule has 4 rings (SSSR count). The van der Waals surface area contributed by atoms with Crippen LogP contribution in [0.5, 0.6) is 5.75 Å². The van der Waals surface area contributed by atoms with Crippen molar-refractivity contribution in [2.24, 2.45) is 11.5 Å². The molecule has 1 aliphatic rings. The average Bonchev–Trinajstić information content (AvgIpc) is 3.41. The molecule has 1 aliphatic heterocycles. The number of anilines is 1. The van der Waals surface area contributed by atoms with E-state index in [9.17, 15) is 14.0 Å². The summed E-state index contributed by atoms with van der Waals surface area (Å²) >= 11 is 12.4. The van der Waals surface area contributed by atoms with Gasteiger partial charge in [-0.2, -0.15) is 5.10 Å². The first-order chi connectivity index (χ1) is 18.5. The van der Waals surface area contributed by atoms with E-state index in [0.29, 0.717) is 35.1 Å². The Bertz CT molecular complexity index is 1360. The van der Waals surface area contributed by atoms with Crippen LogP contribution in [0.3, 0.4) is 0 Å². The highest BCUT2D eigenvalue weighted by Crippen LogP contribution is 2.37. The van der Waals surface area contributed by atoms with Crippen molar-refractivity contribution in [3.63, 3.8) is 0 Å². The van der Waals surface area contributed by atoms with Crippen LogP contribution in [0.2, 0.25) is 10.0 Å². The molecular weight excluding hydrogens is 546 g/mol. The summed E-state index contributed by atoms with van der Waals surface area (Å²) in [5.41, 5.74) is 19.7. The van der Waals surface area contributed by atoms with Gasteiger partial charge in [0.05, 0.1) is 29.0 Å². The lowest BCUT2D eigenvalue weighted by Gasteiger charge is -2.33. The summed E-state index contributed by atoms with van der Waals surface area (Å²) in [6.07, 6.45) is 4.82. The lowest BCUT2D eigenvalue weighted by Crippen LogP contribution is -2.47. The molecule has 2 heterocycles. The van der Waals surface area contributed by atoms with Crippen LogP contribution >= 0.6 is 23.2 Å². The second-order valence-electron chi connectivity index (χ2n) is 9.65. The van der Waals surface area contributed by atoms with Crippen molar-refractivity contribution < 1.29 is 18.7 Å². The molecule has 9 nitrogen and oxygen atoms in total. The number of hydrogen-bond acceptors (Lipinski definition) is 6. The van der Waals surface area contributed by atoms with Gasteiger partial charge in [0.25, 0.3) is 0 Å². The molecule has 208 valence electrons. The maximum Gasteiger partial charge on any atom is 0.239 e. The Kier molecular flexibility index (Phi) is 8.99. The number of nitrogens with zero attached hydrogens (tertiary/aromatic N) is 3. The van der Waals surface area contributed by atoms with E-state index >= 15 is 0 Å². The zero-order chi connectivity index (χ0) is 28.3. The first kappa shape index (κ1) is 28.7. The normalized spacial score (nSPS) is 15.7. The number of aromatic nitrogens is 2. The smallest absolute Gasteiger partial charge is 0.239 e. The Morgan fingerprint density at radius 2 is 1.90 bits per heavy atom. The van der Waals surface area contributed by atoms with E-state index in [1.54, 1.807) is 30.2 Å². The lowest BCUT2D eigenvalue weighted by atomic mass is 10.0. The van der Waals surface area contributed by atoms with E-state index in [0.717, 1.165) is 24.0 Å². The molecule has 0 aliphatic carbocycles. The number of likely N-dealkylation sites (tertiary alicyclic amines) is 1. The van der Waals surface area contributed by atoms with Crippen LogP contribution in [-0.2, 0) is 9.59 Å². The maximum atomic E-state index is 14.0. The molecular formula is C27H31Cl2FN6O3. The summed E-state index contributed by atoms with van der Waals surface area (Å²) in [7, 11) is 0. The number of ether oxygens (including phenoxy) is 1. The van der Waals surface area contributed by atoms with Gasteiger partial charge in [0, 0.05) is 41.9 Å². The number of hydrogen-bond donors (Lipinski definition) is 3. The summed E-state index contributed by atoms with van der Waals surface area (Å²) in [6, 6.07) is 7.42. The van der Waals surface area contributed by atoms with Crippen LogP contribution in [-0.4, -0.2) is 45.6 Å². The molecule has 0 bridgehead atoms. The van der Waals surface area contributed by atoms with Gasteiger partial charge >= 0.3 is 0 Å². The second kappa shape index (κ2) is 12.2. The number of rotatable bonds is 9. The minimum Gasteiger partial charge on any atom is -0.484 e. The number of carbonyl (C=O) groups excluding carboxylic acids is 2. The number of nitrogen functional groups attached to an aromatic ring is 1. The fraction of sp³-hybridized carbons (Fsp3) is 0.370. The lowest BCUT2D eigenvalue weighted by molar-refractivity contribution is -0.134. The van der Waals surface area contributed by atoms with Gasteiger partial charge in [-0.05, 0) is 56.0 Å². The molecule has 1 fully saturated rings. The SMILES string of the molecule is CC(Oc1cc(-c2cnn(C3CCN(C(=O)C(N)CCC(N)=O)CC3)c2)ccc1N)c1c(Cl)ccc(F)c1Cl. The third kappa shape index (κ3) is 6.63. The van der Waals surface area contributed by atoms with Crippen molar-refractivity contribution in [1.29, 1.82) is 0 Å². The molecule has 0 spiro atoms. The molecule has 2 unspecified atom stereocenters. The second-order valence-corrected chi connectivity index (χ2v) is 10.4. The fourth-order valence-electron chi connectivity index (χ4n) is 4.67. The minimum absolute atomic E-state index is 0.0858. The monoisotopic (exact) mass is 576 g/mol. The Labute approximate surface area is 236 Å². The van der Waals surface area contributed by atoms with Crippen molar-refractivity contribution in [2.45, 2.75) is 50.8 Å². The molecule has 0 saturated carbocycles. The highest BCUT2D eigenvalue weighted by Gasteiger charge is 2.28. The Morgan fingerprint density at radius 3 is 2.59 bits per heavy atom. The van der Waals surface area contributed by atoms with Crippen molar-refractivity contribution in [3.8, 4) is 16.9 Å². The number of benzene rings is 2. The molecule has 1 aromatic heterocycles. The van der Waals surface area contributed by atoms with E-state index in [1.807, 2.05) is 16.9 Å². The van der Waals surface area contributed by atoms with Gasteiger partial charge < -0.3 is 26.8 Å². The molecule has 6 N–H and O–H groups in total. The molecule has 2 amide bonds. The van der Waals surface area contributed by atoms with Crippen LogP contribution in [0.1, 0.15) is 50.3 Å². The van der Waals surface area contributed by atoms with E-state index in [1.165, 1.54) is 12.1 Å². The Hall–Kier alpha value is -3.34. The van der Waals surface area contributed by atoms with Crippen molar-refractivity contribution in [1.82, 2.24) is 14.7 Å². The van der Waals surface area contributed by atoms with Gasteiger partial charge in [0.15, 0.2) is 0 Å². The summed E-state index contributed by atoms with van der Waals surface area (Å²) in [4.78, 5) is 25.3. The van der Waals surface area contributed by atoms with Gasteiger partial charge in [0.1, 0.15) is 17.7 Å². The Balaban J connectivity index is 1.42. The average molecular weight is 577 g/mol.